The van der Waals surface area contributed by atoms with Crippen LogP contribution in [0.2, 0.25) is 0 Å². The Morgan fingerprint density at radius 1 is 1.53 bits per heavy atom. The molecular weight excluding hydrogens is 264 g/mol. The Balaban J connectivity index is 1.71. The van der Waals surface area contributed by atoms with Crippen molar-refractivity contribution in [2.45, 2.75) is 19.4 Å². The maximum absolute atomic E-state index is 12.0. The van der Waals surface area contributed by atoms with E-state index in [0.29, 0.717) is 19.5 Å². The van der Waals surface area contributed by atoms with Crippen molar-refractivity contribution < 1.29 is 14.3 Å². The number of esters is 1. The van der Waals surface area contributed by atoms with Crippen LogP contribution < -0.4 is 5.32 Å². The molecule has 1 aliphatic rings. The van der Waals surface area contributed by atoms with Gasteiger partial charge in [0.15, 0.2) is 0 Å². The van der Waals surface area contributed by atoms with Gasteiger partial charge in [-0.25, -0.2) is 0 Å². The summed E-state index contributed by atoms with van der Waals surface area (Å²) >= 11 is 1.76. The van der Waals surface area contributed by atoms with Crippen LogP contribution in [-0.2, 0) is 27.3 Å². The zero-order valence-electron chi connectivity index (χ0n) is 11.0. The van der Waals surface area contributed by atoms with Gasteiger partial charge in [-0.05, 0) is 23.4 Å². The maximum Gasteiger partial charge on any atom is 0.306 e. The highest BCUT2D eigenvalue weighted by Gasteiger charge is 2.20. The van der Waals surface area contributed by atoms with E-state index in [1.807, 2.05) is 4.90 Å². The van der Waals surface area contributed by atoms with E-state index in [2.05, 4.69) is 21.5 Å². The third-order valence-electron chi connectivity index (χ3n) is 3.17. The van der Waals surface area contributed by atoms with E-state index in [-0.39, 0.29) is 18.4 Å². The van der Waals surface area contributed by atoms with Gasteiger partial charge in [0.05, 0.1) is 20.1 Å². The quantitative estimate of drug-likeness (QED) is 0.640. The number of hydrogen-bond donors (Lipinski definition) is 1. The van der Waals surface area contributed by atoms with E-state index in [1.165, 1.54) is 17.6 Å². The Morgan fingerprint density at radius 2 is 2.37 bits per heavy atom. The van der Waals surface area contributed by atoms with Crippen LogP contribution in [0.15, 0.2) is 11.4 Å². The number of methoxy groups -OCH3 is 1. The Kier molecular flexibility index (Phi) is 4.93. The third kappa shape index (κ3) is 3.78. The molecule has 2 heterocycles. The Hall–Kier alpha value is -1.40. The minimum atomic E-state index is -0.263. The fourth-order valence-corrected chi connectivity index (χ4v) is 2.95. The van der Waals surface area contributed by atoms with Crippen LogP contribution in [0.5, 0.6) is 0 Å². The maximum atomic E-state index is 12.0. The van der Waals surface area contributed by atoms with E-state index in [4.69, 9.17) is 0 Å². The molecule has 0 fully saturated rings. The lowest BCUT2D eigenvalue weighted by atomic mass is 10.1. The highest BCUT2D eigenvalue weighted by molar-refractivity contribution is 7.10. The molecule has 0 unspecified atom stereocenters. The predicted molar refractivity (Wildman–Crippen MR) is 72.9 cm³/mol. The Labute approximate surface area is 116 Å². The van der Waals surface area contributed by atoms with Gasteiger partial charge in [-0.15, -0.1) is 11.3 Å². The number of rotatable bonds is 5. The van der Waals surface area contributed by atoms with Crippen LogP contribution in [0, 0.1) is 0 Å². The van der Waals surface area contributed by atoms with Gasteiger partial charge < -0.3 is 15.0 Å². The highest BCUT2D eigenvalue weighted by Crippen LogP contribution is 2.23. The van der Waals surface area contributed by atoms with Crippen LogP contribution in [-0.4, -0.2) is 43.5 Å². The number of carbonyl (C=O) groups is 2. The zero-order valence-corrected chi connectivity index (χ0v) is 11.8. The molecule has 0 atom stereocenters. The summed E-state index contributed by atoms with van der Waals surface area (Å²) in [6.07, 6.45) is 1.24. The molecule has 6 heteroatoms. The van der Waals surface area contributed by atoms with Gasteiger partial charge in [-0.3, -0.25) is 9.59 Å². The fraction of sp³-hybridized carbons (Fsp3) is 0.538. The summed E-state index contributed by atoms with van der Waals surface area (Å²) in [4.78, 5) is 26.2. The molecule has 1 aromatic heterocycles. The van der Waals surface area contributed by atoms with Crippen molar-refractivity contribution in [3.63, 3.8) is 0 Å². The molecule has 0 saturated carbocycles. The summed E-state index contributed by atoms with van der Waals surface area (Å²) in [7, 11) is 1.36. The molecule has 1 amide bonds. The Morgan fingerprint density at radius 3 is 3.16 bits per heavy atom. The van der Waals surface area contributed by atoms with Crippen molar-refractivity contribution in [1.82, 2.24) is 10.2 Å². The molecule has 0 radical (unpaired) electrons. The number of thiophene rings is 1. The van der Waals surface area contributed by atoms with Crippen molar-refractivity contribution in [1.29, 1.82) is 0 Å². The number of nitrogens with one attached hydrogen (secondary N) is 1. The van der Waals surface area contributed by atoms with E-state index >= 15 is 0 Å². The number of nitrogens with zero attached hydrogens (tertiary/aromatic N) is 1. The first kappa shape index (κ1) is 14.0. The second-order valence-electron chi connectivity index (χ2n) is 4.44. The van der Waals surface area contributed by atoms with Crippen molar-refractivity contribution in [2.75, 3.05) is 26.7 Å². The molecule has 1 aromatic rings. The van der Waals surface area contributed by atoms with Gasteiger partial charge in [-0.2, -0.15) is 0 Å². The summed E-state index contributed by atoms with van der Waals surface area (Å²) in [5.74, 6) is -0.178. The standard InChI is InChI=1S/C13H18N2O3S/c1-18-13(17)2-5-14-8-12(16)15-6-3-11-10(9-15)4-7-19-11/h4,7,14H,2-3,5-6,8-9H2,1H3. The second kappa shape index (κ2) is 6.68. The second-order valence-corrected chi connectivity index (χ2v) is 5.44. The molecule has 1 N–H and O–H groups in total. The molecular formula is C13H18N2O3S. The summed E-state index contributed by atoms with van der Waals surface area (Å²) in [6.45, 7) is 2.23. The minimum Gasteiger partial charge on any atom is -0.469 e. The number of amides is 1. The average Bonchev–Trinajstić information content (AvgIpc) is 2.90. The van der Waals surface area contributed by atoms with Gasteiger partial charge in [-0.1, -0.05) is 0 Å². The van der Waals surface area contributed by atoms with Crippen molar-refractivity contribution in [3.8, 4) is 0 Å². The van der Waals surface area contributed by atoms with Crippen LogP contribution >= 0.6 is 11.3 Å². The number of carbonyl (C=O) groups excluding carboxylic acids is 2. The smallest absolute Gasteiger partial charge is 0.306 e. The molecule has 19 heavy (non-hydrogen) atoms. The first-order valence-electron chi connectivity index (χ1n) is 6.31. The van der Waals surface area contributed by atoms with Crippen LogP contribution in [0.25, 0.3) is 0 Å². The van der Waals surface area contributed by atoms with Crippen LogP contribution in [0.4, 0.5) is 0 Å². The molecule has 0 bridgehead atoms. The monoisotopic (exact) mass is 282 g/mol. The van der Waals surface area contributed by atoms with E-state index < -0.39 is 0 Å². The van der Waals surface area contributed by atoms with Gasteiger partial charge in [0, 0.05) is 24.5 Å². The molecule has 5 nitrogen and oxygen atoms in total. The molecule has 0 saturated heterocycles. The van der Waals surface area contributed by atoms with Crippen molar-refractivity contribution in [2.24, 2.45) is 0 Å². The lowest BCUT2D eigenvalue weighted by molar-refractivity contribution is -0.140. The summed E-state index contributed by atoms with van der Waals surface area (Å²) < 4.78 is 4.53. The molecule has 1 aliphatic heterocycles. The first-order valence-corrected chi connectivity index (χ1v) is 7.19. The molecule has 104 valence electrons. The van der Waals surface area contributed by atoms with Crippen molar-refractivity contribution in [3.05, 3.63) is 21.9 Å². The highest BCUT2D eigenvalue weighted by atomic mass is 32.1. The number of ether oxygens (including phenoxy) is 1. The van der Waals surface area contributed by atoms with Gasteiger partial charge in [0.25, 0.3) is 0 Å². The summed E-state index contributed by atoms with van der Waals surface area (Å²) in [5, 5.41) is 5.05. The number of hydrogen-bond acceptors (Lipinski definition) is 5. The lowest BCUT2D eigenvalue weighted by Crippen LogP contribution is -2.41. The van der Waals surface area contributed by atoms with Gasteiger partial charge in [0.1, 0.15) is 0 Å². The normalized spacial score (nSPS) is 14.1. The minimum absolute atomic E-state index is 0.0849. The average molecular weight is 282 g/mol. The molecule has 0 aromatic carbocycles. The lowest BCUT2D eigenvalue weighted by Gasteiger charge is -2.27. The van der Waals surface area contributed by atoms with Crippen LogP contribution in [0.1, 0.15) is 16.9 Å². The van der Waals surface area contributed by atoms with E-state index in [9.17, 15) is 9.59 Å². The van der Waals surface area contributed by atoms with E-state index in [0.717, 1.165) is 13.0 Å². The number of fused-ring (bicyclic) bond motifs is 1. The largest absolute Gasteiger partial charge is 0.469 e. The fourth-order valence-electron chi connectivity index (χ4n) is 2.06. The van der Waals surface area contributed by atoms with E-state index in [1.54, 1.807) is 11.3 Å². The molecule has 0 spiro atoms. The summed E-state index contributed by atoms with van der Waals surface area (Å²) in [6, 6.07) is 2.09. The predicted octanol–water partition coefficient (Wildman–Crippen LogP) is 0.785. The summed E-state index contributed by atoms with van der Waals surface area (Å²) in [5.41, 5.74) is 1.26. The van der Waals surface area contributed by atoms with Gasteiger partial charge >= 0.3 is 5.97 Å². The molecule has 2 rings (SSSR count). The molecule has 0 aliphatic carbocycles. The zero-order chi connectivity index (χ0) is 13.7. The van der Waals surface area contributed by atoms with Crippen molar-refractivity contribution >= 4 is 23.2 Å². The SMILES string of the molecule is COC(=O)CCNCC(=O)N1CCc2sccc2C1. The van der Waals surface area contributed by atoms with Crippen LogP contribution in [0.3, 0.4) is 0 Å². The van der Waals surface area contributed by atoms with Gasteiger partial charge in [0.2, 0.25) is 5.91 Å². The first-order chi connectivity index (χ1) is 9.20. The third-order valence-corrected chi connectivity index (χ3v) is 4.19. The Bertz CT molecular complexity index is 458. The topological polar surface area (TPSA) is 58.6 Å².